The second-order valence-corrected chi connectivity index (χ2v) is 5.91. The fourth-order valence-corrected chi connectivity index (χ4v) is 2.77. The number of H-pyrrole nitrogens is 1. The third-order valence-electron chi connectivity index (χ3n) is 4.04. The normalized spacial score (nSPS) is 18.2. The van der Waals surface area contributed by atoms with Gasteiger partial charge in [0.05, 0.1) is 0 Å². The first-order chi connectivity index (χ1) is 9.61. The molecule has 0 aromatic carbocycles. The van der Waals surface area contributed by atoms with E-state index in [-0.39, 0.29) is 23.7 Å². The van der Waals surface area contributed by atoms with Gasteiger partial charge in [-0.1, -0.05) is 33.1 Å². The molecule has 6 heteroatoms. The zero-order valence-electron chi connectivity index (χ0n) is 12.4. The molecule has 1 fully saturated rings. The van der Waals surface area contributed by atoms with Crippen molar-refractivity contribution in [1.29, 1.82) is 0 Å². The van der Waals surface area contributed by atoms with Crippen LogP contribution in [0.25, 0.3) is 0 Å². The van der Waals surface area contributed by atoms with Gasteiger partial charge in [-0.3, -0.25) is 9.89 Å². The van der Waals surface area contributed by atoms with E-state index < -0.39 is 0 Å². The van der Waals surface area contributed by atoms with Crippen LogP contribution >= 0.6 is 0 Å². The molecular weight excluding hydrogens is 254 g/mol. The molecule has 0 radical (unpaired) electrons. The quantitative estimate of drug-likeness (QED) is 0.762. The van der Waals surface area contributed by atoms with Gasteiger partial charge in [0.2, 0.25) is 5.82 Å². The van der Waals surface area contributed by atoms with Crippen LogP contribution in [-0.4, -0.2) is 33.7 Å². The number of hydrogen-bond acceptors (Lipinski definition) is 4. The predicted octanol–water partition coefficient (Wildman–Crippen LogP) is 1.57. The Hall–Kier alpha value is -1.43. The number of nitrogens with one attached hydrogen (secondary N) is 2. The Bertz CT molecular complexity index is 437. The zero-order chi connectivity index (χ0) is 14.5. The number of aromatic nitrogens is 3. The smallest absolute Gasteiger partial charge is 0.291 e. The van der Waals surface area contributed by atoms with Gasteiger partial charge in [0.15, 0.2) is 0 Å². The summed E-state index contributed by atoms with van der Waals surface area (Å²) >= 11 is 0. The SMILES string of the molecule is CC(C)c1nc(C(=O)NC(CN)C2CCCCC2)n[nH]1. The molecule has 2 rings (SSSR count). The Morgan fingerprint density at radius 1 is 1.40 bits per heavy atom. The van der Waals surface area contributed by atoms with E-state index in [4.69, 9.17) is 5.73 Å². The third-order valence-corrected chi connectivity index (χ3v) is 4.04. The summed E-state index contributed by atoms with van der Waals surface area (Å²) in [5.41, 5.74) is 5.82. The summed E-state index contributed by atoms with van der Waals surface area (Å²) in [5.74, 6) is 1.43. The van der Waals surface area contributed by atoms with Crippen molar-refractivity contribution < 1.29 is 4.79 Å². The van der Waals surface area contributed by atoms with Crippen LogP contribution in [-0.2, 0) is 0 Å². The van der Waals surface area contributed by atoms with E-state index in [9.17, 15) is 4.79 Å². The second kappa shape index (κ2) is 6.83. The lowest BCUT2D eigenvalue weighted by Crippen LogP contribution is -2.46. The third kappa shape index (κ3) is 3.56. The highest BCUT2D eigenvalue weighted by atomic mass is 16.2. The van der Waals surface area contributed by atoms with Crippen LogP contribution in [0.1, 0.15) is 68.3 Å². The van der Waals surface area contributed by atoms with Gasteiger partial charge in [-0.05, 0) is 18.8 Å². The highest BCUT2D eigenvalue weighted by molar-refractivity contribution is 5.90. The molecule has 6 nitrogen and oxygen atoms in total. The molecule has 1 aromatic heterocycles. The summed E-state index contributed by atoms with van der Waals surface area (Å²) in [6.07, 6.45) is 6.05. The van der Waals surface area contributed by atoms with Gasteiger partial charge in [0, 0.05) is 18.5 Å². The lowest BCUT2D eigenvalue weighted by atomic mass is 9.84. The summed E-state index contributed by atoms with van der Waals surface area (Å²) in [6.45, 7) is 4.48. The summed E-state index contributed by atoms with van der Waals surface area (Å²) in [5, 5.41) is 9.78. The minimum absolute atomic E-state index is 0.0313. The largest absolute Gasteiger partial charge is 0.345 e. The fourth-order valence-electron chi connectivity index (χ4n) is 2.77. The van der Waals surface area contributed by atoms with Crippen molar-refractivity contribution in [2.75, 3.05) is 6.54 Å². The Kier molecular flexibility index (Phi) is 5.11. The standard InChI is InChI=1S/C14H25N5O/c1-9(2)12-17-13(19-18-12)14(20)16-11(8-15)10-6-4-3-5-7-10/h9-11H,3-8,15H2,1-2H3,(H,16,20)(H,17,18,19). The molecular formula is C14H25N5O. The number of nitrogens with two attached hydrogens (primary N) is 1. The summed E-state index contributed by atoms with van der Waals surface area (Å²) < 4.78 is 0. The molecule has 1 heterocycles. The molecule has 0 spiro atoms. The molecule has 112 valence electrons. The van der Waals surface area contributed by atoms with Crippen molar-refractivity contribution in [3.8, 4) is 0 Å². The van der Waals surface area contributed by atoms with Gasteiger partial charge >= 0.3 is 0 Å². The van der Waals surface area contributed by atoms with Crippen LogP contribution in [0.2, 0.25) is 0 Å². The average molecular weight is 279 g/mol. The van der Waals surface area contributed by atoms with Crippen molar-refractivity contribution in [1.82, 2.24) is 20.5 Å². The topological polar surface area (TPSA) is 96.7 Å². The molecule has 1 aromatic rings. The molecule has 1 unspecified atom stereocenters. The maximum atomic E-state index is 12.2. The van der Waals surface area contributed by atoms with Crippen molar-refractivity contribution >= 4 is 5.91 Å². The Balaban J connectivity index is 1.97. The number of amides is 1. The number of carbonyl (C=O) groups excluding carboxylic acids is 1. The molecule has 0 aliphatic heterocycles. The Labute approximate surface area is 119 Å². The monoisotopic (exact) mass is 279 g/mol. The Morgan fingerprint density at radius 3 is 2.65 bits per heavy atom. The molecule has 1 saturated carbocycles. The molecule has 1 atom stereocenters. The van der Waals surface area contributed by atoms with E-state index in [0.29, 0.717) is 12.5 Å². The van der Waals surface area contributed by atoms with Gasteiger partial charge in [0.25, 0.3) is 5.91 Å². The van der Waals surface area contributed by atoms with Gasteiger partial charge in [-0.15, -0.1) is 5.10 Å². The first-order valence-electron chi connectivity index (χ1n) is 7.55. The average Bonchev–Trinajstić information content (AvgIpc) is 2.95. The number of carbonyl (C=O) groups is 1. The first kappa shape index (κ1) is 15.0. The van der Waals surface area contributed by atoms with Crippen LogP contribution in [0, 0.1) is 5.92 Å². The van der Waals surface area contributed by atoms with Crippen LogP contribution < -0.4 is 11.1 Å². The summed E-state index contributed by atoms with van der Waals surface area (Å²) in [6, 6.07) is 0.0313. The van der Waals surface area contributed by atoms with Crippen LogP contribution in [0.15, 0.2) is 0 Å². The van der Waals surface area contributed by atoms with Crippen molar-refractivity contribution in [2.45, 2.75) is 57.9 Å². The molecule has 0 bridgehead atoms. The van der Waals surface area contributed by atoms with E-state index in [2.05, 4.69) is 20.5 Å². The highest BCUT2D eigenvalue weighted by Gasteiger charge is 2.25. The van der Waals surface area contributed by atoms with Gasteiger partial charge in [0.1, 0.15) is 5.82 Å². The minimum atomic E-state index is -0.228. The molecule has 1 aliphatic carbocycles. The van der Waals surface area contributed by atoms with E-state index in [1.54, 1.807) is 0 Å². The number of nitrogens with zero attached hydrogens (tertiary/aromatic N) is 2. The van der Waals surface area contributed by atoms with E-state index in [1.807, 2.05) is 13.8 Å². The molecule has 20 heavy (non-hydrogen) atoms. The van der Waals surface area contributed by atoms with E-state index >= 15 is 0 Å². The highest BCUT2D eigenvalue weighted by Crippen LogP contribution is 2.26. The van der Waals surface area contributed by atoms with E-state index in [0.717, 1.165) is 18.7 Å². The predicted molar refractivity (Wildman–Crippen MR) is 77.4 cm³/mol. The lowest BCUT2D eigenvalue weighted by Gasteiger charge is -2.29. The first-order valence-corrected chi connectivity index (χ1v) is 7.55. The maximum absolute atomic E-state index is 12.2. The zero-order valence-corrected chi connectivity index (χ0v) is 12.4. The van der Waals surface area contributed by atoms with Crippen LogP contribution in [0.3, 0.4) is 0 Å². The second-order valence-electron chi connectivity index (χ2n) is 5.91. The lowest BCUT2D eigenvalue weighted by molar-refractivity contribution is 0.0905. The molecule has 0 saturated heterocycles. The van der Waals surface area contributed by atoms with Crippen LogP contribution in [0.5, 0.6) is 0 Å². The molecule has 1 amide bonds. The number of aromatic amines is 1. The van der Waals surface area contributed by atoms with Crippen molar-refractivity contribution in [3.05, 3.63) is 11.6 Å². The van der Waals surface area contributed by atoms with Crippen LogP contribution in [0.4, 0.5) is 0 Å². The fraction of sp³-hybridized carbons (Fsp3) is 0.786. The Morgan fingerprint density at radius 2 is 2.10 bits per heavy atom. The summed E-state index contributed by atoms with van der Waals surface area (Å²) in [4.78, 5) is 16.4. The summed E-state index contributed by atoms with van der Waals surface area (Å²) in [7, 11) is 0. The number of hydrogen-bond donors (Lipinski definition) is 3. The van der Waals surface area contributed by atoms with E-state index in [1.165, 1.54) is 19.3 Å². The molecule has 4 N–H and O–H groups in total. The minimum Gasteiger partial charge on any atom is -0.345 e. The molecule has 1 aliphatic rings. The van der Waals surface area contributed by atoms with Gasteiger partial charge in [-0.25, -0.2) is 4.98 Å². The van der Waals surface area contributed by atoms with Gasteiger partial charge < -0.3 is 11.1 Å². The maximum Gasteiger partial charge on any atom is 0.291 e. The number of rotatable bonds is 5. The van der Waals surface area contributed by atoms with Crippen molar-refractivity contribution in [2.24, 2.45) is 11.7 Å². The van der Waals surface area contributed by atoms with Crippen molar-refractivity contribution in [3.63, 3.8) is 0 Å². The van der Waals surface area contributed by atoms with Gasteiger partial charge in [-0.2, -0.15) is 0 Å².